The van der Waals surface area contributed by atoms with Crippen molar-refractivity contribution >= 4 is 39.7 Å². The van der Waals surface area contributed by atoms with Gasteiger partial charge in [-0.05, 0) is 61.1 Å². The summed E-state index contributed by atoms with van der Waals surface area (Å²) < 4.78 is 12.1. The van der Waals surface area contributed by atoms with Gasteiger partial charge in [0, 0.05) is 17.2 Å². The molecule has 0 saturated carbocycles. The van der Waals surface area contributed by atoms with Crippen LogP contribution in [-0.4, -0.2) is 16.8 Å². The summed E-state index contributed by atoms with van der Waals surface area (Å²) in [5.74, 6) is 1.50. The highest BCUT2D eigenvalue weighted by molar-refractivity contribution is 7.99. The zero-order chi connectivity index (χ0) is 19.5. The zero-order valence-electron chi connectivity index (χ0n) is 15.5. The molecule has 3 aromatic carbocycles. The zero-order valence-corrected chi connectivity index (χ0v) is 16.3. The molecule has 0 fully saturated rings. The molecule has 0 bridgehead atoms. The summed E-state index contributed by atoms with van der Waals surface area (Å²) in [6.07, 6.45) is 0.805. The Kier molecular flexibility index (Phi) is 5.26. The lowest BCUT2D eigenvalue weighted by atomic mass is 10.1. The first kappa shape index (κ1) is 18.4. The number of carboxylic acids is 1. The van der Waals surface area contributed by atoms with Crippen LogP contribution in [0.1, 0.15) is 18.4 Å². The van der Waals surface area contributed by atoms with E-state index >= 15 is 0 Å². The van der Waals surface area contributed by atoms with Crippen molar-refractivity contribution in [3.8, 4) is 11.5 Å². The number of thioether (sulfide) groups is 1. The third-order valence-electron chi connectivity index (χ3n) is 4.47. The lowest BCUT2D eigenvalue weighted by Crippen LogP contribution is -1.95. The number of aryl methyl sites for hydroxylation is 1. The molecule has 0 aliphatic rings. The molecule has 0 spiro atoms. The van der Waals surface area contributed by atoms with E-state index < -0.39 is 5.97 Å². The molecule has 0 saturated heterocycles. The average Bonchev–Trinajstić information content (AvgIpc) is 3.04. The Morgan fingerprint density at radius 2 is 1.86 bits per heavy atom. The van der Waals surface area contributed by atoms with E-state index in [0.29, 0.717) is 6.42 Å². The molecule has 142 valence electrons. The molecule has 1 heterocycles. The van der Waals surface area contributed by atoms with E-state index in [2.05, 4.69) is 0 Å². The Morgan fingerprint density at radius 1 is 1.04 bits per heavy atom. The van der Waals surface area contributed by atoms with Crippen molar-refractivity contribution in [1.29, 1.82) is 0 Å². The van der Waals surface area contributed by atoms with Gasteiger partial charge in [-0.2, -0.15) is 0 Å². The molecule has 5 heteroatoms. The van der Waals surface area contributed by atoms with Crippen LogP contribution in [0.5, 0.6) is 11.5 Å². The molecular weight excluding hydrogens is 372 g/mol. The number of benzene rings is 3. The van der Waals surface area contributed by atoms with E-state index in [4.69, 9.17) is 14.3 Å². The van der Waals surface area contributed by atoms with Crippen molar-refractivity contribution in [2.75, 3.05) is 5.75 Å². The van der Waals surface area contributed by atoms with Crippen molar-refractivity contribution in [3.05, 3.63) is 66.2 Å². The van der Waals surface area contributed by atoms with Crippen LogP contribution in [0.15, 0.2) is 70.0 Å². The molecule has 0 unspecified atom stereocenters. The molecule has 4 rings (SSSR count). The Bertz CT molecular complexity index is 1150. The maximum atomic E-state index is 10.7. The first-order valence-corrected chi connectivity index (χ1v) is 10.1. The van der Waals surface area contributed by atoms with Gasteiger partial charge < -0.3 is 14.3 Å². The fourth-order valence-corrected chi connectivity index (χ4v) is 4.03. The van der Waals surface area contributed by atoms with Crippen LogP contribution in [-0.2, 0) is 4.79 Å². The number of hydrogen-bond acceptors (Lipinski definition) is 4. The smallest absolute Gasteiger partial charge is 0.303 e. The van der Waals surface area contributed by atoms with Gasteiger partial charge in [0.05, 0.1) is 4.90 Å². The van der Waals surface area contributed by atoms with Crippen molar-refractivity contribution in [3.63, 3.8) is 0 Å². The minimum Gasteiger partial charge on any atom is -0.481 e. The lowest BCUT2D eigenvalue weighted by molar-refractivity contribution is -0.137. The van der Waals surface area contributed by atoms with Crippen LogP contribution in [0.3, 0.4) is 0 Å². The molecular formula is C23H20O4S. The third kappa shape index (κ3) is 3.99. The number of hydrogen-bond donors (Lipinski definition) is 1. The summed E-state index contributed by atoms with van der Waals surface area (Å²) in [6, 6.07) is 19.9. The number of fused-ring (bicyclic) bond motifs is 3. The predicted octanol–water partition coefficient (Wildman–Crippen LogP) is 6.64. The van der Waals surface area contributed by atoms with Gasteiger partial charge in [-0.3, -0.25) is 4.79 Å². The first-order chi connectivity index (χ1) is 13.6. The Labute approximate surface area is 167 Å². The van der Waals surface area contributed by atoms with Gasteiger partial charge in [0.2, 0.25) is 0 Å². The first-order valence-electron chi connectivity index (χ1n) is 9.14. The highest BCUT2D eigenvalue weighted by Gasteiger charge is 2.11. The maximum absolute atomic E-state index is 10.7. The molecule has 0 aliphatic carbocycles. The second kappa shape index (κ2) is 7.98. The topological polar surface area (TPSA) is 59.7 Å². The molecule has 28 heavy (non-hydrogen) atoms. The third-order valence-corrected chi connectivity index (χ3v) is 5.61. The van der Waals surface area contributed by atoms with Crippen LogP contribution >= 0.6 is 11.8 Å². The maximum Gasteiger partial charge on any atom is 0.303 e. The highest BCUT2D eigenvalue weighted by atomic mass is 32.2. The summed E-state index contributed by atoms with van der Waals surface area (Å²) >= 11 is 1.62. The SMILES string of the molecule is Cc1ccc(SCCCC(=O)O)c(Oc2ccc3oc4ccccc4c3c2)c1. The van der Waals surface area contributed by atoms with E-state index in [0.717, 1.165) is 49.6 Å². The molecule has 0 amide bonds. The molecule has 4 nitrogen and oxygen atoms in total. The Balaban J connectivity index is 1.60. The van der Waals surface area contributed by atoms with Gasteiger partial charge in [-0.15, -0.1) is 11.8 Å². The van der Waals surface area contributed by atoms with Crippen LogP contribution in [0.25, 0.3) is 21.9 Å². The van der Waals surface area contributed by atoms with Crippen molar-refractivity contribution in [2.45, 2.75) is 24.7 Å². The van der Waals surface area contributed by atoms with Gasteiger partial charge in [-0.25, -0.2) is 0 Å². The summed E-state index contributed by atoms with van der Waals surface area (Å²) in [7, 11) is 0. The van der Waals surface area contributed by atoms with Gasteiger partial charge in [0.1, 0.15) is 22.7 Å². The quantitative estimate of drug-likeness (QED) is 0.282. The van der Waals surface area contributed by atoms with Crippen LogP contribution < -0.4 is 4.74 Å². The Morgan fingerprint density at radius 3 is 2.71 bits per heavy atom. The van der Waals surface area contributed by atoms with Crippen LogP contribution in [0.2, 0.25) is 0 Å². The predicted molar refractivity (Wildman–Crippen MR) is 113 cm³/mol. The Hall–Kier alpha value is -2.92. The number of ether oxygens (including phenoxy) is 1. The summed E-state index contributed by atoms with van der Waals surface area (Å²) in [5, 5.41) is 10.9. The van der Waals surface area contributed by atoms with Gasteiger partial charge in [-0.1, -0.05) is 24.3 Å². The second-order valence-corrected chi connectivity index (χ2v) is 7.79. The fraction of sp³-hybridized carbons (Fsp3) is 0.174. The molecule has 1 N–H and O–H groups in total. The minimum atomic E-state index is -0.762. The summed E-state index contributed by atoms with van der Waals surface area (Å²) in [4.78, 5) is 11.7. The standard InChI is InChI=1S/C23H20O4S/c1-15-8-11-22(28-12-4-7-23(24)25)21(13-15)26-16-9-10-20-18(14-16)17-5-2-3-6-19(17)27-20/h2-3,5-6,8-11,13-14H,4,7,12H2,1H3,(H,24,25). The average molecular weight is 392 g/mol. The molecule has 0 atom stereocenters. The normalized spacial score (nSPS) is 11.2. The van der Waals surface area contributed by atoms with Crippen molar-refractivity contribution in [1.82, 2.24) is 0 Å². The summed E-state index contributed by atoms with van der Waals surface area (Å²) in [6.45, 7) is 2.03. The van der Waals surface area contributed by atoms with E-state index in [1.54, 1.807) is 11.8 Å². The minimum absolute atomic E-state index is 0.180. The lowest BCUT2D eigenvalue weighted by Gasteiger charge is -2.12. The van der Waals surface area contributed by atoms with Crippen molar-refractivity contribution in [2.24, 2.45) is 0 Å². The monoisotopic (exact) mass is 392 g/mol. The number of rotatable bonds is 7. The van der Waals surface area contributed by atoms with Crippen molar-refractivity contribution < 1.29 is 19.1 Å². The van der Waals surface area contributed by atoms with Gasteiger partial charge in [0.25, 0.3) is 0 Å². The number of furan rings is 1. The van der Waals surface area contributed by atoms with E-state index in [9.17, 15) is 4.79 Å². The summed E-state index contributed by atoms with van der Waals surface area (Å²) in [5.41, 5.74) is 2.81. The van der Waals surface area contributed by atoms with E-state index in [-0.39, 0.29) is 6.42 Å². The van der Waals surface area contributed by atoms with Gasteiger partial charge >= 0.3 is 5.97 Å². The number of carbonyl (C=O) groups is 1. The van der Waals surface area contributed by atoms with E-state index in [1.807, 2.05) is 67.6 Å². The fourth-order valence-electron chi connectivity index (χ4n) is 3.12. The highest BCUT2D eigenvalue weighted by Crippen LogP contribution is 2.37. The van der Waals surface area contributed by atoms with Crippen LogP contribution in [0, 0.1) is 6.92 Å². The van der Waals surface area contributed by atoms with Crippen LogP contribution in [0.4, 0.5) is 0 Å². The number of para-hydroxylation sites is 1. The molecule has 4 aromatic rings. The van der Waals surface area contributed by atoms with E-state index in [1.165, 1.54) is 0 Å². The number of aliphatic carboxylic acids is 1. The van der Waals surface area contributed by atoms with Gasteiger partial charge in [0.15, 0.2) is 0 Å². The molecule has 1 aromatic heterocycles. The second-order valence-electron chi connectivity index (χ2n) is 6.65. The molecule has 0 radical (unpaired) electrons. The largest absolute Gasteiger partial charge is 0.481 e. The number of carboxylic acid groups (broad SMARTS) is 1. The molecule has 0 aliphatic heterocycles.